The number of hydrogen-bond acceptors (Lipinski definition) is 10. The van der Waals surface area contributed by atoms with E-state index < -0.39 is 94.5 Å². The summed E-state index contributed by atoms with van der Waals surface area (Å²) >= 11 is 0. The molecule has 0 radical (unpaired) electrons. The van der Waals surface area contributed by atoms with E-state index in [2.05, 4.69) is 26.8 Å². The Morgan fingerprint density at radius 3 is 2.12 bits per heavy atom. The van der Waals surface area contributed by atoms with Crippen molar-refractivity contribution in [1.82, 2.24) is 0 Å². The fourth-order valence-electron chi connectivity index (χ4n) is 12.4. The number of fused-ring (bicyclic) bond motifs is 7. The number of carboxylic acids is 2. The maximum Gasteiger partial charge on any atom is 0.312 e. The highest BCUT2D eigenvalue weighted by molar-refractivity contribution is 5.77. The lowest BCUT2D eigenvalue weighted by Gasteiger charge is -2.71. The SMILES string of the molecule is CC1(C)CC[C@]2(C(=O)O)CCC3(CO)C(=CCC4[C@@]5(C)C[C@H](O)C(O[C@@H]6O[C@H](CO)[C@@H](O)[C@@H](O)[C@H]6O)[C@@](C)(C(=O)O)C5CC[C@]43C)C2C1. The third-order valence-electron chi connectivity index (χ3n) is 15.2. The normalized spacial score (nSPS) is 52.9. The van der Waals surface area contributed by atoms with E-state index in [1.54, 1.807) is 6.92 Å². The van der Waals surface area contributed by atoms with Crippen molar-refractivity contribution >= 4 is 11.9 Å². The minimum atomic E-state index is -1.75. The number of hydrogen-bond donors (Lipinski definition) is 8. The van der Waals surface area contributed by atoms with Gasteiger partial charge in [0, 0.05) is 5.41 Å². The number of allylic oxidation sites excluding steroid dienone is 1. The number of aliphatic hydroxyl groups is 6. The zero-order chi connectivity index (χ0) is 35.4. The van der Waals surface area contributed by atoms with E-state index in [1.807, 2.05) is 6.92 Å². The molecule has 0 spiro atoms. The van der Waals surface area contributed by atoms with Gasteiger partial charge in [0.25, 0.3) is 0 Å². The molecule has 6 rings (SSSR count). The molecule has 4 saturated carbocycles. The fraction of sp³-hybridized carbons (Fsp3) is 0.889. The van der Waals surface area contributed by atoms with Gasteiger partial charge in [-0.3, -0.25) is 9.59 Å². The second-order valence-corrected chi connectivity index (χ2v) is 17.7. The Morgan fingerprint density at radius 2 is 1.52 bits per heavy atom. The molecule has 0 bridgehead atoms. The first-order valence-electron chi connectivity index (χ1n) is 17.7. The molecule has 5 unspecified atom stereocenters. The summed E-state index contributed by atoms with van der Waals surface area (Å²) in [7, 11) is 0. The highest BCUT2D eigenvalue weighted by Gasteiger charge is 2.73. The van der Waals surface area contributed by atoms with Crippen molar-refractivity contribution in [3.63, 3.8) is 0 Å². The number of aliphatic hydroxyl groups excluding tert-OH is 6. The van der Waals surface area contributed by atoms with Gasteiger partial charge in [-0.1, -0.05) is 39.3 Å². The molecule has 5 aliphatic carbocycles. The molecular formula is C36H56O12. The molecular weight excluding hydrogens is 624 g/mol. The number of ether oxygens (including phenoxy) is 2. The predicted octanol–water partition coefficient (Wildman–Crippen LogP) is 2.07. The van der Waals surface area contributed by atoms with Crippen molar-refractivity contribution < 1.29 is 59.9 Å². The molecule has 1 aliphatic heterocycles. The molecule has 6 aliphatic rings. The van der Waals surface area contributed by atoms with Gasteiger partial charge in [0.1, 0.15) is 30.5 Å². The van der Waals surface area contributed by atoms with Gasteiger partial charge in [0.15, 0.2) is 6.29 Å². The third-order valence-corrected chi connectivity index (χ3v) is 15.2. The van der Waals surface area contributed by atoms with E-state index in [-0.39, 0.29) is 30.3 Å². The van der Waals surface area contributed by atoms with Crippen molar-refractivity contribution in [3.8, 4) is 0 Å². The standard InChI is InChI=1S/C36H56O12/c1-31(2)10-11-35(30(45)46)12-13-36(17-38)18(19(35)14-31)6-7-22-32(3)15-20(39)27(34(5,29(43)44)23(32)8-9-33(22,36)4)48-28-26(42)25(41)24(40)21(16-37)47-28/h6,19-28,37-42H,7-17H2,1-5H3,(H,43,44)(H,45,46)/t19?,20-,21+,22?,23?,24+,25+,26+,27?,28-,32+,33+,34-,35-,36?/m0/s1. The molecule has 12 heteroatoms. The lowest BCUT2D eigenvalue weighted by molar-refractivity contribution is -0.340. The Bertz CT molecular complexity index is 1330. The van der Waals surface area contributed by atoms with Crippen LogP contribution in [0.4, 0.5) is 0 Å². The number of carbonyl (C=O) groups is 2. The Morgan fingerprint density at radius 1 is 0.854 bits per heavy atom. The highest BCUT2D eigenvalue weighted by Crippen LogP contribution is 2.76. The van der Waals surface area contributed by atoms with E-state index in [4.69, 9.17) is 9.47 Å². The van der Waals surface area contributed by atoms with E-state index in [9.17, 15) is 50.4 Å². The molecule has 272 valence electrons. The molecule has 0 aromatic carbocycles. The summed E-state index contributed by atoms with van der Waals surface area (Å²) in [5.41, 5.74) is -3.46. The topological polar surface area (TPSA) is 214 Å². The highest BCUT2D eigenvalue weighted by atomic mass is 16.7. The van der Waals surface area contributed by atoms with Gasteiger partial charge in [-0.25, -0.2) is 0 Å². The zero-order valence-corrected chi connectivity index (χ0v) is 28.8. The summed E-state index contributed by atoms with van der Waals surface area (Å²) in [6, 6.07) is 0. The monoisotopic (exact) mass is 680 g/mol. The first-order valence-corrected chi connectivity index (χ1v) is 17.7. The van der Waals surface area contributed by atoms with Gasteiger partial charge in [-0.15, -0.1) is 0 Å². The van der Waals surface area contributed by atoms with E-state index in [0.717, 1.165) is 18.4 Å². The smallest absolute Gasteiger partial charge is 0.312 e. The summed E-state index contributed by atoms with van der Waals surface area (Å²) in [5, 5.41) is 85.8. The average molecular weight is 681 g/mol. The van der Waals surface area contributed by atoms with Crippen LogP contribution in [0.3, 0.4) is 0 Å². The summed E-state index contributed by atoms with van der Waals surface area (Å²) in [6.45, 7) is 9.33. The largest absolute Gasteiger partial charge is 0.481 e. The van der Waals surface area contributed by atoms with Crippen LogP contribution in [0.5, 0.6) is 0 Å². The van der Waals surface area contributed by atoms with Gasteiger partial charge in [-0.2, -0.15) is 0 Å². The Labute approximate surface area is 282 Å². The molecule has 15 atom stereocenters. The summed E-state index contributed by atoms with van der Waals surface area (Å²) < 4.78 is 11.7. The van der Waals surface area contributed by atoms with E-state index >= 15 is 0 Å². The van der Waals surface area contributed by atoms with Crippen LogP contribution >= 0.6 is 0 Å². The van der Waals surface area contributed by atoms with E-state index in [0.29, 0.717) is 38.5 Å². The molecule has 5 fully saturated rings. The first kappa shape index (κ1) is 36.2. The fourth-order valence-corrected chi connectivity index (χ4v) is 12.4. The second-order valence-electron chi connectivity index (χ2n) is 17.7. The number of aliphatic carboxylic acids is 2. The van der Waals surface area contributed by atoms with Gasteiger partial charge in [0.2, 0.25) is 0 Å². The number of carboxylic acid groups (broad SMARTS) is 2. The van der Waals surface area contributed by atoms with Crippen molar-refractivity contribution in [3.05, 3.63) is 11.6 Å². The maximum atomic E-state index is 13.4. The molecule has 12 nitrogen and oxygen atoms in total. The lowest BCUT2D eigenvalue weighted by Crippen LogP contribution is -2.71. The molecule has 8 N–H and O–H groups in total. The van der Waals surface area contributed by atoms with Crippen molar-refractivity contribution in [1.29, 1.82) is 0 Å². The molecule has 0 amide bonds. The van der Waals surface area contributed by atoms with Gasteiger partial charge in [-0.05, 0) is 98.7 Å². The van der Waals surface area contributed by atoms with Crippen LogP contribution in [0.1, 0.15) is 92.4 Å². The molecule has 1 heterocycles. The van der Waals surface area contributed by atoms with Crippen LogP contribution in [0, 0.1) is 50.2 Å². The lowest BCUT2D eigenvalue weighted by atomic mass is 9.33. The molecule has 48 heavy (non-hydrogen) atoms. The molecule has 0 aromatic heterocycles. The van der Waals surface area contributed by atoms with Crippen LogP contribution in [-0.4, -0.2) is 109 Å². The van der Waals surface area contributed by atoms with Crippen molar-refractivity contribution in [2.45, 2.75) is 135 Å². The zero-order valence-electron chi connectivity index (χ0n) is 28.8. The predicted molar refractivity (Wildman–Crippen MR) is 170 cm³/mol. The minimum absolute atomic E-state index is 0.0445. The van der Waals surface area contributed by atoms with Gasteiger partial charge >= 0.3 is 11.9 Å². The van der Waals surface area contributed by atoms with Crippen LogP contribution in [-0.2, 0) is 19.1 Å². The van der Waals surface area contributed by atoms with Crippen LogP contribution < -0.4 is 0 Å². The van der Waals surface area contributed by atoms with Gasteiger partial charge in [0.05, 0.1) is 30.1 Å². The summed E-state index contributed by atoms with van der Waals surface area (Å²) in [4.78, 5) is 26.3. The maximum absolute atomic E-state index is 13.4. The second kappa shape index (κ2) is 11.7. The summed E-state index contributed by atoms with van der Waals surface area (Å²) in [5.74, 6) is -2.81. The van der Waals surface area contributed by atoms with E-state index in [1.165, 1.54) is 0 Å². The van der Waals surface area contributed by atoms with Crippen molar-refractivity contribution in [2.75, 3.05) is 13.2 Å². The first-order chi connectivity index (χ1) is 22.3. The Kier molecular flexibility index (Phi) is 8.81. The van der Waals surface area contributed by atoms with Crippen molar-refractivity contribution in [2.24, 2.45) is 50.2 Å². The third kappa shape index (κ3) is 4.69. The molecule has 0 aromatic rings. The molecule has 1 saturated heterocycles. The average Bonchev–Trinajstić information content (AvgIpc) is 3.01. The quantitative estimate of drug-likeness (QED) is 0.150. The Balaban J connectivity index is 1.38. The Hall–Kier alpha value is -1.64. The van der Waals surface area contributed by atoms with Crippen LogP contribution in [0.25, 0.3) is 0 Å². The van der Waals surface area contributed by atoms with Crippen LogP contribution in [0.15, 0.2) is 11.6 Å². The van der Waals surface area contributed by atoms with Crippen LogP contribution in [0.2, 0.25) is 0 Å². The number of rotatable bonds is 6. The minimum Gasteiger partial charge on any atom is -0.481 e. The summed E-state index contributed by atoms with van der Waals surface area (Å²) in [6.07, 6.45) is -3.56. The van der Waals surface area contributed by atoms with Gasteiger partial charge < -0.3 is 50.3 Å².